The number of rotatable bonds is 2. The van der Waals surface area contributed by atoms with Crippen LogP contribution in [-0.2, 0) is 0 Å². The number of phenolic OH excluding ortho intramolecular Hbond substituents is 1. The topological polar surface area (TPSA) is 40.5 Å². The van der Waals surface area contributed by atoms with Crippen LogP contribution in [-0.4, -0.2) is 40.5 Å². The van der Waals surface area contributed by atoms with Crippen LogP contribution in [0.15, 0.2) is 18.2 Å². The van der Waals surface area contributed by atoms with Gasteiger partial charge in [0.1, 0.15) is 11.6 Å². The Kier molecular flexibility index (Phi) is 4.11. The Morgan fingerprint density at radius 3 is 2.72 bits per heavy atom. The van der Waals surface area contributed by atoms with Crippen LogP contribution in [0.5, 0.6) is 5.75 Å². The van der Waals surface area contributed by atoms with Crippen molar-refractivity contribution in [3.8, 4) is 5.75 Å². The number of aromatic hydroxyl groups is 1. The third kappa shape index (κ3) is 2.77. The minimum absolute atomic E-state index is 0.164. The van der Waals surface area contributed by atoms with Gasteiger partial charge >= 0.3 is 0 Å². The molecule has 1 heterocycles. The molecule has 5 heteroatoms. The molecule has 1 fully saturated rings. The van der Waals surface area contributed by atoms with Gasteiger partial charge in [-0.15, -0.1) is 0 Å². The Morgan fingerprint density at radius 2 is 2.11 bits per heavy atom. The molecule has 18 heavy (non-hydrogen) atoms. The average Bonchev–Trinajstić information content (AvgIpc) is 2.38. The highest BCUT2D eigenvalue weighted by atomic mass is 32.2. The monoisotopic (exact) mass is 269 g/mol. The van der Waals surface area contributed by atoms with E-state index in [0.717, 1.165) is 30.4 Å². The molecule has 0 atom stereocenters. The zero-order chi connectivity index (χ0) is 13.1. The molecule has 1 N–H and O–H groups in total. The molecular formula is C13H16FNO2S. The van der Waals surface area contributed by atoms with Gasteiger partial charge in [-0.2, -0.15) is 11.8 Å². The largest absolute Gasteiger partial charge is 0.507 e. The minimum Gasteiger partial charge on any atom is -0.507 e. The molecule has 2 rings (SSSR count). The van der Waals surface area contributed by atoms with Crippen LogP contribution in [0.25, 0.3) is 0 Å². The lowest BCUT2D eigenvalue weighted by atomic mass is 10.1. The van der Waals surface area contributed by atoms with Crippen molar-refractivity contribution in [2.24, 2.45) is 0 Å². The fourth-order valence-corrected chi connectivity index (χ4v) is 3.20. The van der Waals surface area contributed by atoms with Crippen molar-refractivity contribution >= 4 is 17.7 Å². The molecule has 3 nitrogen and oxygen atoms in total. The maximum absolute atomic E-state index is 12.9. The van der Waals surface area contributed by atoms with Crippen LogP contribution in [0.2, 0.25) is 0 Å². The van der Waals surface area contributed by atoms with E-state index < -0.39 is 5.82 Å². The predicted molar refractivity (Wildman–Crippen MR) is 70.5 cm³/mol. The Balaban J connectivity index is 2.14. The first-order chi connectivity index (χ1) is 8.59. The highest BCUT2D eigenvalue weighted by molar-refractivity contribution is 7.99. The van der Waals surface area contributed by atoms with Crippen LogP contribution in [0.3, 0.4) is 0 Å². The van der Waals surface area contributed by atoms with Crippen molar-refractivity contribution in [2.75, 3.05) is 18.6 Å². The third-order valence-corrected chi connectivity index (χ3v) is 4.30. The number of nitrogens with zero attached hydrogens (tertiary/aromatic N) is 1. The molecule has 1 aromatic rings. The molecule has 0 saturated carbocycles. The van der Waals surface area contributed by atoms with Gasteiger partial charge in [0.25, 0.3) is 5.91 Å². The molecule has 1 amide bonds. The summed E-state index contributed by atoms with van der Waals surface area (Å²) >= 11 is 1.89. The van der Waals surface area contributed by atoms with Gasteiger partial charge in [-0.1, -0.05) is 0 Å². The van der Waals surface area contributed by atoms with Crippen LogP contribution in [0, 0.1) is 5.82 Å². The van der Waals surface area contributed by atoms with Gasteiger partial charge in [-0.25, -0.2) is 4.39 Å². The zero-order valence-corrected chi connectivity index (χ0v) is 11.0. The van der Waals surface area contributed by atoms with Crippen molar-refractivity contribution < 1.29 is 14.3 Å². The van der Waals surface area contributed by atoms with Gasteiger partial charge in [0, 0.05) is 19.2 Å². The van der Waals surface area contributed by atoms with E-state index in [-0.39, 0.29) is 23.3 Å². The van der Waals surface area contributed by atoms with E-state index in [1.54, 1.807) is 11.9 Å². The zero-order valence-electron chi connectivity index (χ0n) is 10.2. The van der Waals surface area contributed by atoms with Crippen LogP contribution >= 0.6 is 11.8 Å². The second-order valence-electron chi connectivity index (χ2n) is 4.42. The normalized spacial score (nSPS) is 16.6. The van der Waals surface area contributed by atoms with Gasteiger partial charge in [0.05, 0.1) is 5.56 Å². The molecule has 98 valence electrons. The fourth-order valence-electron chi connectivity index (χ4n) is 2.11. The number of carbonyl (C=O) groups excluding carboxylic acids is 1. The first-order valence-corrected chi connectivity index (χ1v) is 7.08. The SMILES string of the molecule is CN(C(=O)c1ccc(F)cc1O)C1CCSCC1. The maximum atomic E-state index is 12.9. The number of benzene rings is 1. The second-order valence-corrected chi connectivity index (χ2v) is 5.65. The van der Waals surface area contributed by atoms with Crippen molar-refractivity contribution in [1.82, 2.24) is 4.90 Å². The predicted octanol–water partition coefficient (Wildman–Crippen LogP) is 2.50. The van der Waals surface area contributed by atoms with Crippen molar-refractivity contribution in [2.45, 2.75) is 18.9 Å². The summed E-state index contributed by atoms with van der Waals surface area (Å²) in [6.45, 7) is 0. The van der Waals surface area contributed by atoms with Gasteiger partial charge in [0.15, 0.2) is 0 Å². The Bertz CT molecular complexity index is 447. The number of amides is 1. The Morgan fingerprint density at radius 1 is 1.44 bits per heavy atom. The number of carbonyl (C=O) groups is 1. The lowest BCUT2D eigenvalue weighted by molar-refractivity contribution is 0.0720. The molecule has 0 unspecified atom stereocenters. The maximum Gasteiger partial charge on any atom is 0.257 e. The second kappa shape index (κ2) is 5.61. The first kappa shape index (κ1) is 13.2. The smallest absolute Gasteiger partial charge is 0.257 e. The summed E-state index contributed by atoms with van der Waals surface area (Å²) < 4.78 is 12.9. The average molecular weight is 269 g/mol. The van der Waals surface area contributed by atoms with Crippen LogP contribution < -0.4 is 0 Å². The summed E-state index contributed by atoms with van der Waals surface area (Å²) in [7, 11) is 1.74. The van der Waals surface area contributed by atoms with E-state index in [1.165, 1.54) is 12.1 Å². The molecule has 0 radical (unpaired) electrons. The van der Waals surface area contributed by atoms with Gasteiger partial charge < -0.3 is 10.0 Å². The summed E-state index contributed by atoms with van der Waals surface area (Å²) in [5.41, 5.74) is 0.164. The highest BCUT2D eigenvalue weighted by Crippen LogP contribution is 2.25. The van der Waals surface area contributed by atoms with Crippen molar-refractivity contribution in [3.63, 3.8) is 0 Å². The molecule has 1 saturated heterocycles. The molecule has 1 aliphatic heterocycles. The molecule has 0 aromatic heterocycles. The van der Waals surface area contributed by atoms with E-state index >= 15 is 0 Å². The van der Waals surface area contributed by atoms with Gasteiger partial charge in [-0.05, 0) is 36.5 Å². The van der Waals surface area contributed by atoms with Gasteiger partial charge in [0.2, 0.25) is 0 Å². The van der Waals surface area contributed by atoms with Crippen LogP contribution in [0.4, 0.5) is 4.39 Å². The van der Waals surface area contributed by atoms with Crippen molar-refractivity contribution in [3.05, 3.63) is 29.6 Å². The van der Waals surface area contributed by atoms with Crippen molar-refractivity contribution in [1.29, 1.82) is 0 Å². The fraction of sp³-hybridized carbons (Fsp3) is 0.462. The number of thioether (sulfide) groups is 1. The van der Waals surface area contributed by atoms with E-state index in [9.17, 15) is 14.3 Å². The lowest BCUT2D eigenvalue weighted by Gasteiger charge is -2.31. The molecular weight excluding hydrogens is 253 g/mol. The summed E-state index contributed by atoms with van der Waals surface area (Å²) in [6, 6.07) is 3.71. The summed E-state index contributed by atoms with van der Waals surface area (Å²) in [5.74, 6) is 1.03. The van der Waals surface area contributed by atoms with Crippen LogP contribution in [0.1, 0.15) is 23.2 Å². The minimum atomic E-state index is -0.541. The van der Waals surface area contributed by atoms with Gasteiger partial charge in [-0.3, -0.25) is 4.79 Å². The lowest BCUT2D eigenvalue weighted by Crippen LogP contribution is -2.39. The number of hydrogen-bond acceptors (Lipinski definition) is 3. The third-order valence-electron chi connectivity index (χ3n) is 3.25. The van der Waals surface area contributed by atoms with E-state index in [2.05, 4.69) is 0 Å². The Hall–Kier alpha value is -1.23. The molecule has 1 aliphatic rings. The molecule has 1 aromatic carbocycles. The highest BCUT2D eigenvalue weighted by Gasteiger charge is 2.24. The number of hydrogen-bond donors (Lipinski definition) is 1. The van der Waals surface area contributed by atoms with E-state index in [0.29, 0.717) is 0 Å². The van der Waals surface area contributed by atoms with E-state index in [4.69, 9.17) is 0 Å². The Labute approximate surface area is 110 Å². The summed E-state index contributed by atoms with van der Waals surface area (Å²) in [4.78, 5) is 13.9. The standard InChI is InChI=1S/C13H16FNO2S/c1-15(10-4-6-18-7-5-10)13(17)11-3-2-9(14)8-12(11)16/h2-3,8,10,16H,4-7H2,1H3. The number of halogens is 1. The summed E-state index contributed by atoms with van der Waals surface area (Å²) in [5, 5.41) is 9.62. The number of phenols is 1. The summed E-state index contributed by atoms with van der Waals surface area (Å²) in [6.07, 6.45) is 1.93. The molecule has 0 aliphatic carbocycles. The quantitative estimate of drug-likeness (QED) is 0.896. The van der Waals surface area contributed by atoms with E-state index in [1.807, 2.05) is 11.8 Å². The molecule has 0 spiro atoms. The first-order valence-electron chi connectivity index (χ1n) is 5.93. The molecule has 0 bridgehead atoms.